The van der Waals surface area contributed by atoms with Gasteiger partial charge in [-0.05, 0) is 47.9 Å². The number of alkyl halides is 1. The molecule has 0 heterocycles. The lowest BCUT2D eigenvalue weighted by Crippen LogP contribution is -2.10. The molecule has 2 nitrogen and oxygen atoms in total. The first-order valence-corrected chi connectivity index (χ1v) is 10.1. The molecule has 138 valence electrons. The number of hydrogen-bond donors (Lipinski definition) is 0. The minimum absolute atomic E-state index is 0.0634. The minimum atomic E-state index is 0.0634. The van der Waals surface area contributed by atoms with Crippen molar-refractivity contribution in [1.82, 2.24) is 0 Å². The average molecular weight is 363 g/mol. The Morgan fingerprint density at radius 2 is 1.40 bits per heavy atom. The van der Waals surface area contributed by atoms with Gasteiger partial charge in [0.15, 0.2) is 0 Å². The summed E-state index contributed by atoms with van der Waals surface area (Å²) < 4.78 is 11.6. The largest absolute Gasteiger partial charge is 0.494 e. The van der Waals surface area contributed by atoms with Crippen molar-refractivity contribution in [3.8, 4) is 11.5 Å². The number of halogens is 1. The monoisotopic (exact) mass is 362 g/mol. The molecule has 3 heteroatoms. The van der Waals surface area contributed by atoms with E-state index in [4.69, 9.17) is 21.1 Å². The van der Waals surface area contributed by atoms with E-state index in [0.717, 1.165) is 36.3 Å². The van der Waals surface area contributed by atoms with E-state index in [2.05, 4.69) is 38.1 Å². The zero-order valence-corrected chi connectivity index (χ0v) is 16.4. The maximum atomic E-state index is 6.11. The number of hydrogen-bond acceptors (Lipinski definition) is 2. The molecule has 0 fully saturated rings. The van der Waals surface area contributed by atoms with E-state index in [1.165, 1.54) is 37.5 Å². The van der Waals surface area contributed by atoms with Crippen molar-refractivity contribution >= 4 is 22.4 Å². The highest BCUT2D eigenvalue weighted by molar-refractivity contribution is 6.20. The molecule has 0 amide bonds. The smallest absolute Gasteiger partial charge is 0.120 e. The molecule has 2 rings (SSSR count). The lowest BCUT2D eigenvalue weighted by Gasteiger charge is -2.11. The van der Waals surface area contributed by atoms with Crippen LogP contribution >= 0.6 is 11.6 Å². The van der Waals surface area contributed by atoms with Crippen LogP contribution < -0.4 is 9.47 Å². The van der Waals surface area contributed by atoms with Crippen molar-refractivity contribution in [2.24, 2.45) is 0 Å². The molecule has 0 saturated carbocycles. The minimum Gasteiger partial charge on any atom is -0.494 e. The third-order valence-corrected chi connectivity index (χ3v) is 4.86. The van der Waals surface area contributed by atoms with Crippen molar-refractivity contribution in [3.63, 3.8) is 0 Å². The van der Waals surface area contributed by atoms with Crippen LogP contribution in [0.1, 0.15) is 58.8 Å². The zero-order valence-electron chi connectivity index (χ0n) is 15.6. The summed E-state index contributed by atoms with van der Waals surface area (Å²) >= 11 is 6.11. The van der Waals surface area contributed by atoms with Gasteiger partial charge in [-0.15, -0.1) is 11.6 Å². The normalized spacial score (nSPS) is 12.3. The fourth-order valence-corrected chi connectivity index (χ4v) is 2.82. The van der Waals surface area contributed by atoms with Crippen LogP contribution in [0.4, 0.5) is 0 Å². The molecule has 2 aromatic carbocycles. The zero-order chi connectivity index (χ0) is 17.9. The van der Waals surface area contributed by atoms with Crippen LogP contribution in [0.2, 0.25) is 0 Å². The van der Waals surface area contributed by atoms with E-state index in [9.17, 15) is 0 Å². The lowest BCUT2D eigenvalue weighted by molar-refractivity contribution is 0.304. The summed E-state index contributed by atoms with van der Waals surface area (Å²) in [6.45, 7) is 5.65. The van der Waals surface area contributed by atoms with E-state index in [1.807, 2.05) is 12.1 Å². The predicted molar refractivity (Wildman–Crippen MR) is 108 cm³/mol. The molecule has 0 bridgehead atoms. The molecule has 1 atom stereocenters. The first kappa shape index (κ1) is 19.9. The number of ether oxygens (including phenoxy) is 2. The molecule has 2 aromatic rings. The quantitative estimate of drug-likeness (QED) is 0.299. The van der Waals surface area contributed by atoms with Crippen LogP contribution in [0.25, 0.3) is 10.8 Å². The summed E-state index contributed by atoms with van der Waals surface area (Å²) in [5.74, 6) is 1.81. The van der Waals surface area contributed by atoms with E-state index >= 15 is 0 Å². The fraction of sp³-hybridized carbons (Fsp3) is 0.545. The first-order valence-electron chi connectivity index (χ1n) is 9.66. The van der Waals surface area contributed by atoms with Gasteiger partial charge in [0, 0.05) is 0 Å². The maximum Gasteiger partial charge on any atom is 0.120 e. The van der Waals surface area contributed by atoms with Gasteiger partial charge in [0.2, 0.25) is 0 Å². The van der Waals surface area contributed by atoms with Crippen molar-refractivity contribution in [1.29, 1.82) is 0 Å². The van der Waals surface area contributed by atoms with Gasteiger partial charge in [0.1, 0.15) is 18.1 Å². The van der Waals surface area contributed by atoms with Crippen molar-refractivity contribution in [2.75, 3.05) is 13.2 Å². The Hall–Kier alpha value is -1.41. The summed E-state index contributed by atoms with van der Waals surface area (Å²) in [4.78, 5) is 0. The Morgan fingerprint density at radius 1 is 0.800 bits per heavy atom. The fourth-order valence-electron chi connectivity index (χ4n) is 2.76. The van der Waals surface area contributed by atoms with Crippen LogP contribution in [-0.2, 0) is 0 Å². The van der Waals surface area contributed by atoms with Gasteiger partial charge in [-0.2, -0.15) is 0 Å². The second-order valence-corrected chi connectivity index (χ2v) is 7.22. The average Bonchev–Trinajstić information content (AvgIpc) is 2.65. The first-order chi connectivity index (χ1) is 12.2. The highest BCUT2D eigenvalue weighted by Gasteiger charge is 2.04. The molecule has 25 heavy (non-hydrogen) atoms. The van der Waals surface area contributed by atoms with Crippen LogP contribution in [0.15, 0.2) is 36.4 Å². The van der Waals surface area contributed by atoms with Crippen LogP contribution in [0.3, 0.4) is 0 Å². The van der Waals surface area contributed by atoms with Gasteiger partial charge in [-0.25, -0.2) is 0 Å². The second kappa shape index (κ2) is 11.3. The van der Waals surface area contributed by atoms with E-state index in [1.54, 1.807) is 0 Å². The maximum absolute atomic E-state index is 6.11. The molecular weight excluding hydrogens is 332 g/mol. The van der Waals surface area contributed by atoms with Crippen LogP contribution in [-0.4, -0.2) is 18.6 Å². The van der Waals surface area contributed by atoms with Gasteiger partial charge in [-0.1, -0.05) is 58.1 Å². The van der Waals surface area contributed by atoms with Gasteiger partial charge in [-0.3, -0.25) is 0 Å². The van der Waals surface area contributed by atoms with Gasteiger partial charge >= 0.3 is 0 Å². The number of unbranched alkanes of at least 4 members (excludes halogenated alkanes) is 5. The molecule has 0 spiro atoms. The topological polar surface area (TPSA) is 18.5 Å². The molecule has 0 N–H and O–H groups in total. The molecule has 0 aliphatic carbocycles. The molecular formula is C22H31ClO2. The summed E-state index contributed by atoms with van der Waals surface area (Å²) in [5, 5.41) is 2.39. The Bertz CT molecular complexity index is 626. The highest BCUT2D eigenvalue weighted by atomic mass is 35.5. The van der Waals surface area contributed by atoms with Gasteiger partial charge < -0.3 is 9.47 Å². The molecule has 0 aliphatic rings. The van der Waals surface area contributed by atoms with E-state index in [-0.39, 0.29) is 5.38 Å². The summed E-state index contributed by atoms with van der Waals surface area (Å²) in [5.41, 5.74) is 0. The summed E-state index contributed by atoms with van der Waals surface area (Å²) in [7, 11) is 0. The third kappa shape index (κ3) is 7.15. The highest BCUT2D eigenvalue weighted by Crippen LogP contribution is 2.25. The Labute approximate surface area is 157 Å². The standard InChI is InChI=1S/C22H31ClO2/c1-3-5-6-7-8-9-14-24-21-12-10-19-16-22(13-11-18(19)15-21)25-17-20(23)4-2/h10-13,15-16,20H,3-9,14,17H2,1-2H3. The molecule has 0 radical (unpaired) electrons. The van der Waals surface area contributed by atoms with Crippen molar-refractivity contribution < 1.29 is 9.47 Å². The number of rotatable bonds is 12. The van der Waals surface area contributed by atoms with E-state index in [0.29, 0.717) is 6.61 Å². The van der Waals surface area contributed by atoms with Gasteiger partial charge in [0.05, 0.1) is 12.0 Å². The number of fused-ring (bicyclic) bond motifs is 1. The third-order valence-electron chi connectivity index (χ3n) is 4.42. The summed E-state index contributed by atoms with van der Waals surface area (Å²) in [6.07, 6.45) is 8.61. The molecule has 0 aromatic heterocycles. The number of benzene rings is 2. The molecule has 0 saturated heterocycles. The van der Waals surface area contributed by atoms with Gasteiger partial charge in [0.25, 0.3) is 0 Å². The van der Waals surface area contributed by atoms with E-state index < -0.39 is 0 Å². The predicted octanol–water partition coefficient (Wildman–Crippen LogP) is 6.98. The molecule has 1 unspecified atom stereocenters. The van der Waals surface area contributed by atoms with Crippen molar-refractivity contribution in [3.05, 3.63) is 36.4 Å². The lowest BCUT2D eigenvalue weighted by atomic mass is 10.1. The van der Waals surface area contributed by atoms with Crippen LogP contribution in [0.5, 0.6) is 11.5 Å². The summed E-state index contributed by atoms with van der Waals surface area (Å²) in [6, 6.07) is 12.4. The Kier molecular flexibility index (Phi) is 8.96. The SMILES string of the molecule is CCCCCCCCOc1ccc2cc(OCC(Cl)CC)ccc2c1. The second-order valence-electron chi connectivity index (χ2n) is 6.60. The van der Waals surface area contributed by atoms with Crippen LogP contribution in [0, 0.1) is 0 Å². The van der Waals surface area contributed by atoms with Crippen molar-refractivity contribution in [2.45, 2.75) is 64.2 Å². The Morgan fingerprint density at radius 3 is 2.04 bits per heavy atom. The Balaban J connectivity index is 1.81. The molecule has 0 aliphatic heterocycles.